The predicted octanol–water partition coefficient (Wildman–Crippen LogP) is 3.51. The fourth-order valence-corrected chi connectivity index (χ4v) is 2.05. The van der Waals surface area contributed by atoms with Gasteiger partial charge >= 0.3 is 0 Å². The lowest BCUT2D eigenvalue weighted by Gasteiger charge is -2.34. The summed E-state index contributed by atoms with van der Waals surface area (Å²) in [6.07, 6.45) is 3.68. The van der Waals surface area contributed by atoms with Gasteiger partial charge in [-0.05, 0) is 26.2 Å². The van der Waals surface area contributed by atoms with Crippen LogP contribution < -0.4 is 0 Å². The quantitative estimate of drug-likeness (QED) is 0.575. The van der Waals surface area contributed by atoms with Gasteiger partial charge in [0.05, 0.1) is 0 Å². The molecule has 0 aliphatic rings. The Morgan fingerprint density at radius 1 is 1.08 bits per heavy atom. The smallest absolute Gasteiger partial charge is 0.0351 e. The Labute approximate surface area is 88.5 Å². The van der Waals surface area contributed by atoms with Crippen LogP contribution in [0.2, 0.25) is 0 Å². The highest BCUT2D eigenvalue weighted by Gasteiger charge is 2.18. The molecule has 0 rings (SSSR count). The van der Waals surface area contributed by atoms with Crippen LogP contribution >= 0.6 is 11.6 Å². The Morgan fingerprint density at radius 2 is 1.62 bits per heavy atom. The van der Waals surface area contributed by atoms with Gasteiger partial charge in [0.2, 0.25) is 0 Å². The lowest BCUT2D eigenvalue weighted by atomic mass is 10.1. The molecule has 2 heteroatoms. The largest absolute Gasteiger partial charge is 0.297 e. The van der Waals surface area contributed by atoms with Crippen molar-refractivity contribution in [1.29, 1.82) is 0 Å². The van der Waals surface area contributed by atoms with E-state index >= 15 is 0 Å². The summed E-state index contributed by atoms with van der Waals surface area (Å²) >= 11 is 5.81. The van der Waals surface area contributed by atoms with E-state index in [2.05, 4.69) is 32.6 Å². The van der Waals surface area contributed by atoms with Crippen molar-refractivity contribution in [2.45, 2.75) is 59.0 Å². The molecule has 0 heterocycles. The van der Waals surface area contributed by atoms with Gasteiger partial charge in [0.15, 0.2) is 0 Å². The molecule has 0 saturated heterocycles. The molecule has 0 bridgehead atoms. The summed E-state index contributed by atoms with van der Waals surface area (Å²) in [7, 11) is 0. The third kappa shape index (κ3) is 4.33. The summed E-state index contributed by atoms with van der Waals surface area (Å²) in [5, 5.41) is 0. The summed E-state index contributed by atoms with van der Waals surface area (Å²) in [6.45, 7) is 10.1. The fourth-order valence-electron chi connectivity index (χ4n) is 1.85. The van der Waals surface area contributed by atoms with E-state index in [4.69, 9.17) is 11.6 Å². The van der Waals surface area contributed by atoms with E-state index in [1.54, 1.807) is 0 Å². The Balaban J connectivity index is 4.19. The van der Waals surface area contributed by atoms with Gasteiger partial charge in [0, 0.05) is 24.5 Å². The van der Waals surface area contributed by atoms with Gasteiger partial charge in [-0.2, -0.15) is 0 Å². The van der Waals surface area contributed by atoms with Crippen molar-refractivity contribution >= 4 is 11.6 Å². The van der Waals surface area contributed by atoms with Crippen LogP contribution in [-0.4, -0.2) is 29.4 Å². The molecule has 0 aromatic heterocycles. The molecule has 0 fully saturated rings. The van der Waals surface area contributed by atoms with Gasteiger partial charge < -0.3 is 0 Å². The molecule has 0 spiro atoms. The second-order valence-electron chi connectivity index (χ2n) is 3.65. The first-order valence-corrected chi connectivity index (χ1v) is 6.06. The van der Waals surface area contributed by atoms with Crippen molar-refractivity contribution in [2.75, 3.05) is 12.4 Å². The molecule has 0 radical (unpaired) electrons. The minimum absolute atomic E-state index is 0.670. The third-order valence-electron chi connectivity index (χ3n) is 2.91. The molecular formula is C11H24ClN. The zero-order chi connectivity index (χ0) is 10.3. The molecule has 1 unspecified atom stereocenters. The molecule has 0 aromatic rings. The van der Waals surface area contributed by atoms with E-state index in [-0.39, 0.29) is 0 Å². The van der Waals surface area contributed by atoms with E-state index in [1.807, 2.05) is 0 Å². The zero-order valence-corrected chi connectivity index (χ0v) is 10.3. The maximum atomic E-state index is 5.81. The molecule has 0 amide bonds. The minimum atomic E-state index is 0.670. The lowest BCUT2D eigenvalue weighted by molar-refractivity contribution is 0.141. The monoisotopic (exact) mass is 205 g/mol. The number of hydrogen-bond acceptors (Lipinski definition) is 1. The van der Waals surface area contributed by atoms with Gasteiger partial charge in [-0.3, -0.25) is 4.90 Å². The molecule has 0 saturated carbocycles. The summed E-state index contributed by atoms with van der Waals surface area (Å²) in [5.74, 6) is 0.751. The normalized spacial score (nSPS) is 14.1. The average molecular weight is 206 g/mol. The van der Waals surface area contributed by atoms with E-state index in [0.717, 1.165) is 12.4 Å². The highest BCUT2D eigenvalue weighted by Crippen LogP contribution is 2.14. The minimum Gasteiger partial charge on any atom is -0.297 e. The van der Waals surface area contributed by atoms with Crippen LogP contribution in [0.15, 0.2) is 0 Å². The SMILES string of the molecule is CCC(C)N(CCCl)C(CC)CC. The van der Waals surface area contributed by atoms with E-state index < -0.39 is 0 Å². The average Bonchev–Trinajstić information content (AvgIpc) is 2.17. The van der Waals surface area contributed by atoms with Crippen molar-refractivity contribution in [3.8, 4) is 0 Å². The number of nitrogens with zero attached hydrogens (tertiary/aromatic N) is 1. The van der Waals surface area contributed by atoms with Crippen LogP contribution in [0.1, 0.15) is 47.0 Å². The van der Waals surface area contributed by atoms with E-state index in [1.165, 1.54) is 19.3 Å². The highest BCUT2D eigenvalue weighted by molar-refractivity contribution is 6.18. The molecule has 0 aromatic carbocycles. The van der Waals surface area contributed by atoms with Crippen molar-refractivity contribution < 1.29 is 0 Å². The molecule has 0 aliphatic heterocycles. The number of rotatable bonds is 7. The van der Waals surface area contributed by atoms with Crippen molar-refractivity contribution in [1.82, 2.24) is 4.90 Å². The predicted molar refractivity (Wildman–Crippen MR) is 61.5 cm³/mol. The molecule has 1 atom stereocenters. The topological polar surface area (TPSA) is 3.24 Å². The summed E-state index contributed by atoms with van der Waals surface area (Å²) < 4.78 is 0. The summed E-state index contributed by atoms with van der Waals surface area (Å²) in [5.41, 5.74) is 0. The first kappa shape index (κ1) is 13.2. The molecule has 1 nitrogen and oxygen atoms in total. The van der Waals surface area contributed by atoms with Gasteiger partial charge in [0.25, 0.3) is 0 Å². The number of alkyl halides is 1. The first-order chi connectivity index (χ1) is 6.21. The van der Waals surface area contributed by atoms with Gasteiger partial charge in [-0.15, -0.1) is 11.6 Å². The van der Waals surface area contributed by atoms with Crippen molar-refractivity contribution in [3.63, 3.8) is 0 Å². The van der Waals surface area contributed by atoms with E-state index in [9.17, 15) is 0 Å². The molecule has 0 aliphatic carbocycles. The van der Waals surface area contributed by atoms with Crippen LogP contribution in [0.4, 0.5) is 0 Å². The Morgan fingerprint density at radius 3 is 1.92 bits per heavy atom. The van der Waals surface area contributed by atoms with Crippen LogP contribution in [0, 0.1) is 0 Å². The number of halogens is 1. The van der Waals surface area contributed by atoms with Crippen LogP contribution in [0.25, 0.3) is 0 Å². The number of hydrogen-bond donors (Lipinski definition) is 0. The van der Waals surface area contributed by atoms with Crippen LogP contribution in [0.3, 0.4) is 0 Å². The summed E-state index contributed by atoms with van der Waals surface area (Å²) in [6, 6.07) is 1.39. The van der Waals surface area contributed by atoms with Crippen molar-refractivity contribution in [2.24, 2.45) is 0 Å². The standard InChI is InChI=1S/C11H24ClN/c1-5-10(4)13(9-8-12)11(6-2)7-3/h10-11H,5-9H2,1-4H3. The highest BCUT2D eigenvalue weighted by atomic mass is 35.5. The van der Waals surface area contributed by atoms with Crippen LogP contribution in [0.5, 0.6) is 0 Å². The van der Waals surface area contributed by atoms with Crippen molar-refractivity contribution in [3.05, 3.63) is 0 Å². The maximum absolute atomic E-state index is 5.81. The lowest BCUT2D eigenvalue weighted by Crippen LogP contribution is -2.42. The molecule has 80 valence electrons. The molecular weight excluding hydrogens is 182 g/mol. The first-order valence-electron chi connectivity index (χ1n) is 5.52. The molecule has 0 N–H and O–H groups in total. The van der Waals surface area contributed by atoms with E-state index in [0.29, 0.717) is 12.1 Å². The Hall–Kier alpha value is 0.250. The Bertz CT molecular complexity index is 113. The third-order valence-corrected chi connectivity index (χ3v) is 3.08. The van der Waals surface area contributed by atoms with Gasteiger partial charge in [-0.25, -0.2) is 0 Å². The summed E-state index contributed by atoms with van der Waals surface area (Å²) in [4.78, 5) is 2.55. The second-order valence-corrected chi connectivity index (χ2v) is 4.03. The molecule has 13 heavy (non-hydrogen) atoms. The Kier molecular flexibility index (Phi) is 7.78. The van der Waals surface area contributed by atoms with Gasteiger partial charge in [0.1, 0.15) is 0 Å². The maximum Gasteiger partial charge on any atom is 0.0351 e. The zero-order valence-electron chi connectivity index (χ0n) is 9.52. The van der Waals surface area contributed by atoms with Crippen LogP contribution in [-0.2, 0) is 0 Å². The fraction of sp³-hybridized carbons (Fsp3) is 1.00. The van der Waals surface area contributed by atoms with Gasteiger partial charge in [-0.1, -0.05) is 20.8 Å². The second kappa shape index (κ2) is 7.64.